The average Bonchev–Trinajstić information content (AvgIpc) is 2.51. The summed E-state index contributed by atoms with van der Waals surface area (Å²) in [6.45, 7) is 9.69. The number of anilines is 1. The van der Waals surface area contributed by atoms with Gasteiger partial charge in [0.25, 0.3) is 0 Å². The molecule has 132 valence electrons. The number of rotatable bonds is 11. The summed E-state index contributed by atoms with van der Waals surface area (Å²) in [5.74, 6) is 0.972. The molecule has 0 saturated heterocycles. The van der Waals surface area contributed by atoms with Crippen LogP contribution in [0.2, 0.25) is 0 Å². The Balaban J connectivity index is 2.94. The highest BCUT2D eigenvalue weighted by Crippen LogP contribution is 2.24. The first kappa shape index (κ1) is 19.6. The van der Waals surface area contributed by atoms with E-state index >= 15 is 0 Å². The van der Waals surface area contributed by atoms with Gasteiger partial charge in [0, 0.05) is 37.5 Å². The van der Waals surface area contributed by atoms with E-state index < -0.39 is 0 Å². The van der Waals surface area contributed by atoms with Gasteiger partial charge in [-0.15, -0.1) is 0 Å². The highest BCUT2D eigenvalue weighted by molar-refractivity contribution is 5.49. The van der Waals surface area contributed by atoms with E-state index in [4.69, 9.17) is 9.84 Å². The molecule has 1 heterocycles. The quantitative estimate of drug-likeness (QED) is 0.627. The summed E-state index contributed by atoms with van der Waals surface area (Å²) in [6, 6.07) is 0.456. The first-order chi connectivity index (χ1) is 11.0. The summed E-state index contributed by atoms with van der Waals surface area (Å²) in [6.07, 6.45) is 2.66. The fraction of sp³-hybridized carbons (Fsp3) is 0.765. The van der Waals surface area contributed by atoms with Crippen molar-refractivity contribution >= 4 is 5.82 Å². The minimum Gasteiger partial charge on any atom is -0.462 e. The summed E-state index contributed by atoms with van der Waals surface area (Å²) in [5.41, 5.74) is 2.16. The van der Waals surface area contributed by atoms with Crippen LogP contribution < -0.4 is 9.64 Å². The van der Waals surface area contributed by atoms with Crippen molar-refractivity contribution in [2.45, 2.75) is 40.0 Å². The van der Waals surface area contributed by atoms with Gasteiger partial charge in [-0.2, -0.15) is 4.98 Å². The minimum absolute atomic E-state index is 0.236. The number of nitrogens with zero attached hydrogens (tertiary/aromatic N) is 4. The van der Waals surface area contributed by atoms with Gasteiger partial charge in [-0.05, 0) is 47.2 Å². The summed E-state index contributed by atoms with van der Waals surface area (Å²) in [5, 5.41) is 8.99. The molecule has 0 aliphatic heterocycles. The highest BCUT2D eigenvalue weighted by Gasteiger charge is 2.16. The molecule has 0 aliphatic carbocycles. The van der Waals surface area contributed by atoms with E-state index in [-0.39, 0.29) is 6.61 Å². The second-order valence-corrected chi connectivity index (χ2v) is 5.91. The van der Waals surface area contributed by atoms with E-state index in [2.05, 4.69) is 33.6 Å². The first-order valence-corrected chi connectivity index (χ1v) is 8.54. The minimum atomic E-state index is 0.236. The van der Waals surface area contributed by atoms with E-state index in [9.17, 15) is 0 Å². The molecule has 0 aliphatic rings. The third-order valence-electron chi connectivity index (χ3n) is 3.81. The van der Waals surface area contributed by atoms with Crippen LogP contribution in [0.3, 0.4) is 0 Å². The van der Waals surface area contributed by atoms with Gasteiger partial charge >= 0.3 is 6.01 Å². The van der Waals surface area contributed by atoms with Crippen molar-refractivity contribution in [2.75, 3.05) is 51.8 Å². The van der Waals surface area contributed by atoms with Gasteiger partial charge in [-0.3, -0.25) is 0 Å². The Morgan fingerprint density at radius 2 is 1.83 bits per heavy atom. The number of aliphatic hydroxyl groups excluding tert-OH is 1. The van der Waals surface area contributed by atoms with Crippen molar-refractivity contribution in [3.8, 4) is 6.01 Å². The molecule has 6 nitrogen and oxygen atoms in total. The lowest BCUT2D eigenvalue weighted by molar-refractivity contribution is 0.245. The van der Waals surface area contributed by atoms with Crippen LogP contribution in [0.1, 0.15) is 37.9 Å². The zero-order valence-corrected chi connectivity index (χ0v) is 15.3. The molecule has 1 aromatic rings. The van der Waals surface area contributed by atoms with Crippen LogP contribution in [0.25, 0.3) is 0 Å². The van der Waals surface area contributed by atoms with E-state index in [0.29, 0.717) is 12.6 Å². The summed E-state index contributed by atoms with van der Waals surface area (Å²) in [7, 11) is 4.03. The second kappa shape index (κ2) is 10.4. The Kier molecular flexibility index (Phi) is 8.87. The maximum Gasteiger partial charge on any atom is 0.318 e. The van der Waals surface area contributed by atoms with E-state index in [0.717, 1.165) is 50.4 Å². The third-order valence-corrected chi connectivity index (χ3v) is 3.81. The van der Waals surface area contributed by atoms with Crippen LogP contribution in [0.15, 0.2) is 0 Å². The van der Waals surface area contributed by atoms with Crippen molar-refractivity contribution in [1.29, 1.82) is 0 Å². The van der Waals surface area contributed by atoms with Gasteiger partial charge in [0.15, 0.2) is 0 Å². The lowest BCUT2D eigenvalue weighted by atomic mass is 10.1. The van der Waals surface area contributed by atoms with Gasteiger partial charge in [-0.25, -0.2) is 4.98 Å². The molecule has 1 N–H and O–H groups in total. The van der Waals surface area contributed by atoms with Crippen LogP contribution in [0, 0.1) is 6.92 Å². The predicted octanol–water partition coefficient (Wildman–Crippen LogP) is 1.89. The zero-order valence-electron chi connectivity index (χ0n) is 15.3. The molecule has 0 amide bonds. The molecule has 0 unspecified atom stereocenters. The second-order valence-electron chi connectivity index (χ2n) is 5.91. The van der Waals surface area contributed by atoms with Crippen LogP contribution in [-0.4, -0.2) is 66.9 Å². The topological polar surface area (TPSA) is 61.7 Å². The molecular formula is C17H32N4O2. The third kappa shape index (κ3) is 6.31. The molecular weight excluding hydrogens is 292 g/mol. The number of likely N-dealkylation sites (N-methyl/N-ethyl adjacent to an activating group) is 1. The molecule has 1 aromatic heterocycles. The lowest BCUT2D eigenvalue weighted by Crippen LogP contribution is -2.27. The van der Waals surface area contributed by atoms with Gasteiger partial charge in [0.1, 0.15) is 12.4 Å². The molecule has 0 radical (unpaired) electrons. The van der Waals surface area contributed by atoms with Crippen molar-refractivity contribution in [3.05, 3.63) is 11.3 Å². The van der Waals surface area contributed by atoms with Crippen LogP contribution in [0.4, 0.5) is 5.82 Å². The maximum atomic E-state index is 8.99. The molecule has 0 spiro atoms. The summed E-state index contributed by atoms with van der Waals surface area (Å²) in [4.78, 5) is 13.5. The number of aromatic nitrogens is 2. The fourth-order valence-corrected chi connectivity index (χ4v) is 2.44. The molecule has 0 saturated carbocycles. The monoisotopic (exact) mass is 324 g/mol. The average molecular weight is 324 g/mol. The van der Waals surface area contributed by atoms with E-state index in [1.54, 1.807) is 0 Å². The van der Waals surface area contributed by atoms with Crippen LogP contribution in [0.5, 0.6) is 6.01 Å². The number of ether oxygens (including phenoxy) is 1. The smallest absolute Gasteiger partial charge is 0.318 e. The lowest BCUT2D eigenvalue weighted by Gasteiger charge is -2.25. The first-order valence-electron chi connectivity index (χ1n) is 8.54. The number of hydrogen-bond donors (Lipinski definition) is 1. The maximum absolute atomic E-state index is 8.99. The number of hydrogen-bond acceptors (Lipinski definition) is 6. The Hall–Kier alpha value is -1.40. The molecule has 6 heteroatoms. The molecule has 0 aromatic carbocycles. The normalized spacial score (nSPS) is 11.1. The molecule has 0 atom stereocenters. The van der Waals surface area contributed by atoms with Crippen molar-refractivity contribution < 1.29 is 9.84 Å². The SMILES string of the molecule is CCc1c(C)nc(OCCN(C)C)nc1N(CC)CCCCO. The van der Waals surface area contributed by atoms with Gasteiger partial charge in [0.2, 0.25) is 0 Å². The van der Waals surface area contributed by atoms with E-state index in [1.165, 1.54) is 5.56 Å². The molecule has 1 rings (SSSR count). The Morgan fingerprint density at radius 1 is 1.09 bits per heavy atom. The van der Waals surface area contributed by atoms with Crippen LogP contribution >= 0.6 is 0 Å². The highest BCUT2D eigenvalue weighted by atomic mass is 16.5. The summed E-state index contributed by atoms with van der Waals surface area (Å²) < 4.78 is 5.73. The Morgan fingerprint density at radius 3 is 2.39 bits per heavy atom. The van der Waals surface area contributed by atoms with Crippen LogP contribution in [-0.2, 0) is 6.42 Å². The predicted molar refractivity (Wildman–Crippen MR) is 94.4 cm³/mol. The Bertz CT molecular complexity index is 466. The standard InChI is InChI=1S/C17H32N4O2/c1-6-15-14(3)18-17(23-13-11-20(4)5)19-16(15)21(7-2)10-8-9-12-22/h22H,6-13H2,1-5H3. The number of aryl methyl sites for hydroxylation is 1. The van der Waals surface area contributed by atoms with Gasteiger partial charge < -0.3 is 19.6 Å². The van der Waals surface area contributed by atoms with Crippen molar-refractivity contribution in [3.63, 3.8) is 0 Å². The largest absolute Gasteiger partial charge is 0.462 e. The Labute approximate surface area is 140 Å². The van der Waals surface area contributed by atoms with Gasteiger partial charge in [-0.1, -0.05) is 6.92 Å². The number of aliphatic hydroxyl groups is 1. The molecule has 23 heavy (non-hydrogen) atoms. The van der Waals surface area contributed by atoms with Crippen molar-refractivity contribution in [2.24, 2.45) is 0 Å². The zero-order chi connectivity index (χ0) is 17.2. The molecule has 0 fully saturated rings. The van der Waals surface area contributed by atoms with E-state index in [1.807, 2.05) is 21.0 Å². The van der Waals surface area contributed by atoms with Crippen molar-refractivity contribution in [1.82, 2.24) is 14.9 Å². The fourth-order valence-electron chi connectivity index (χ4n) is 2.44. The summed E-state index contributed by atoms with van der Waals surface area (Å²) >= 11 is 0. The molecule has 0 bridgehead atoms. The van der Waals surface area contributed by atoms with Gasteiger partial charge in [0.05, 0.1) is 0 Å². The number of unbranched alkanes of at least 4 members (excludes halogenated alkanes) is 1.